The molecule has 0 aliphatic carbocycles. The van der Waals surface area contributed by atoms with Crippen molar-refractivity contribution >= 4 is 9.52 Å². The lowest BCUT2D eigenvalue weighted by Crippen LogP contribution is -2.40. The molecule has 0 atom stereocenters. The molecule has 0 saturated carbocycles. The third-order valence-corrected chi connectivity index (χ3v) is 4.32. The predicted octanol–water partition coefficient (Wildman–Crippen LogP) is 1.41. The van der Waals surface area contributed by atoms with Crippen LogP contribution in [0.5, 0.6) is 0 Å². The summed E-state index contributed by atoms with van der Waals surface area (Å²) >= 11 is 0. The fraction of sp³-hybridized carbons (Fsp3) is 0.818. The standard InChI is InChI=1S/C11H26N2Si/c1-7-14-9-10(2)8-11(12(3)4)13(5)6/h11H,2,7-9,14H2,1,3-6H3. The van der Waals surface area contributed by atoms with Gasteiger partial charge in [0.25, 0.3) is 0 Å². The highest BCUT2D eigenvalue weighted by molar-refractivity contribution is 6.36. The zero-order chi connectivity index (χ0) is 11.1. The maximum atomic E-state index is 4.18. The molecule has 0 aliphatic rings. The minimum atomic E-state index is 0.146. The normalized spacial score (nSPS) is 12.6. The molecule has 0 aromatic carbocycles. The van der Waals surface area contributed by atoms with Gasteiger partial charge in [-0.2, -0.15) is 0 Å². The molecule has 0 spiro atoms. The zero-order valence-electron chi connectivity index (χ0n) is 10.5. The van der Waals surface area contributed by atoms with E-state index >= 15 is 0 Å². The van der Waals surface area contributed by atoms with E-state index in [1.807, 2.05) is 0 Å². The van der Waals surface area contributed by atoms with Crippen LogP contribution in [-0.4, -0.2) is 53.7 Å². The van der Waals surface area contributed by atoms with Gasteiger partial charge in [0.2, 0.25) is 0 Å². The van der Waals surface area contributed by atoms with Gasteiger partial charge in [0.1, 0.15) is 0 Å². The van der Waals surface area contributed by atoms with E-state index in [2.05, 4.69) is 51.5 Å². The molecule has 2 nitrogen and oxygen atoms in total. The van der Waals surface area contributed by atoms with E-state index in [9.17, 15) is 0 Å². The Morgan fingerprint density at radius 3 is 2.07 bits per heavy atom. The van der Waals surface area contributed by atoms with Crippen LogP contribution in [-0.2, 0) is 0 Å². The van der Waals surface area contributed by atoms with Crippen LogP contribution in [0, 0.1) is 0 Å². The zero-order valence-corrected chi connectivity index (χ0v) is 11.9. The topological polar surface area (TPSA) is 6.48 Å². The van der Waals surface area contributed by atoms with Crippen LogP contribution >= 0.6 is 0 Å². The molecule has 0 unspecified atom stereocenters. The molecule has 0 amide bonds. The Balaban J connectivity index is 3.97. The van der Waals surface area contributed by atoms with E-state index in [1.54, 1.807) is 0 Å². The van der Waals surface area contributed by atoms with E-state index in [4.69, 9.17) is 0 Å². The van der Waals surface area contributed by atoms with Gasteiger partial charge in [-0.05, 0) is 40.7 Å². The van der Waals surface area contributed by atoms with Gasteiger partial charge in [-0.3, -0.25) is 9.80 Å². The predicted molar refractivity (Wildman–Crippen MR) is 68.8 cm³/mol. The summed E-state index contributed by atoms with van der Waals surface area (Å²) in [5, 5.41) is 0. The number of hydrogen-bond donors (Lipinski definition) is 0. The van der Waals surface area contributed by atoms with Gasteiger partial charge in [0.05, 0.1) is 6.17 Å². The molecule has 14 heavy (non-hydrogen) atoms. The quantitative estimate of drug-likeness (QED) is 0.359. The largest absolute Gasteiger partial charge is 0.294 e. The first-order valence-electron chi connectivity index (χ1n) is 5.48. The summed E-state index contributed by atoms with van der Waals surface area (Å²) in [5.41, 5.74) is 1.44. The van der Waals surface area contributed by atoms with Gasteiger partial charge < -0.3 is 0 Å². The summed E-state index contributed by atoms with van der Waals surface area (Å²) in [6.45, 7) is 6.46. The van der Waals surface area contributed by atoms with Crippen LogP contribution in [0.25, 0.3) is 0 Å². The lowest BCUT2D eigenvalue weighted by molar-refractivity contribution is 0.129. The Morgan fingerprint density at radius 1 is 1.21 bits per heavy atom. The molecule has 0 rings (SSSR count). The van der Waals surface area contributed by atoms with Crippen molar-refractivity contribution in [2.45, 2.75) is 31.6 Å². The lowest BCUT2D eigenvalue weighted by Gasteiger charge is -2.31. The average Bonchev–Trinajstić information content (AvgIpc) is 2.09. The second-order valence-electron chi connectivity index (χ2n) is 4.47. The van der Waals surface area contributed by atoms with Crippen LogP contribution < -0.4 is 0 Å². The first kappa shape index (κ1) is 13.9. The maximum Gasteiger partial charge on any atom is 0.0650 e. The molecule has 0 saturated heterocycles. The Hall–Kier alpha value is -0.123. The minimum Gasteiger partial charge on any atom is -0.294 e. The molecule has 0 fully saturated rings. The first-order valence-corrected chi connectivity index (χ1v) is 7.48. The van der Waals surface area contributed by atoms with Crippen molar-refractivity contribution in [3.05, 3.63) is 12.2 Å². The molecule has 84 valence electrons. The molecular weight excluding hydrogens is 188 g/mol. The number of hydrogen-bond acceptors (Lipinski definition) is 2. The molecule has 0 aromatic rings. The van der Waals surface area contributed by atoms with Crippen molar-refractivity contribution in [2.75, 3.05) is 28.2 Å². The van der Waals surface area contributed by atoms with E-state index in [0.717, 1.165) is 6.42 Å². The van der Waals surface area contributed by atoms with Crippen molar-refractivity contribution in [2.24, 2.45) is 0 Å². The second kappa shape index (κ2) is 7.21. The first-order chi connectivity index (χ1) is 6.49. The van der Waals surface area contributed by atoms with Crippen molar-refractivity contribution in [1.82, 2.24) is 9.80 Å². The molecule has 0 bridgehead atoms. The van der Waals surface area contributed by atoms with Gasteiger partial charge in [-0.25, -0.2) is 0 Å². The molecule has 0 aliphatic heterocycles. The van der Waals surface area contributed by atoms with E-state index in [-0.39, 0.29) is 9.52 Å². The van der Waals surface area contributed by atoms with Gasteiger partial charge in [-0.15, -0.1) is 6.58 Å². The summed E-state index contributed by atoms with van der Waals surface area (Å²) < 4.78 is 0. The monoisotopic (exact) mass is 214 g/mol. The minimum absolute atomic E-state index is 0.146. The van der Waals surface area contributed by atoms with E-state index < -0.39 is 0 Å². The Bertz CT molecular complexity index is 159. The van der Waals surface area contributed by atoms with Crippen LogP contribution in [0.2, 0.25) is 12.1 Å². The summed E-state index contributed by atoms with van der Waals surface area (Å²) in [4.78, 5) is 4.53. The highest BCUT2D eigenvalue weighted by Gasteiger charge is 2.14. The number of rotatable bonds is 7. The van der Waals surface area contributed by atoms with Crippen molar-refractivity contribution in [3.63, 3.8) is 0 Å². The summed E-state index contributed by atoms with van der Waals surface area (Å²) in [7, 11) is 8.68. The van der Waals surface area contributed by atoms with Crippen molar-refractivity contribution < 1.29 is 0 Å². The Morgan fingerprint density at radius 2 is 1.71 bits per heavy atom. The average molecular weight is 214 g/mol. The molecule has 0 heterocycles. The SMILES string of the molecule is C=C(C[SiH2]CC)CC(N(C)C)N(C)C. The fourth-order valence-corrected chi connectivity index (χ4v) is 2.67. The van der Waals surface area contributed by atoms with Gasteiger partial charge in [0, 0.05) is 9.52 Å². The lowest BCUT2D eigenvalue weighted by atomic mass is 10.2. The van der Waals surface area contributed by atoms with Gasteiger partial charge in [-0.1, -0.05) is 18.5 Å². The Labute approximate surface area is 91.8 Å². The van der Waals surface area contributed by atoms with Crippen LogP contribution in [0.3, 0.4) is 0 Å². The van der Waals surface area contributed by atoms with E-state index in [1.165, 1.54) is 17.7 Å². The van der Waals surface area contributed by atoms with Crippen LogP contribution in [0.4, 0.5) is 0 Å². The van der Waals surface area contributed by atoms with Gasteiger partial charge in [0.15, 0.2) is 0 Å². The van der Waals surface area contributed by atoms with Crippen LogP contribution in [0.15, 0.2) is 12.2 Å². The Kier molecular flexibility index (Phi) is 7.14. The van der Waals surface area contributed by atoms with E-state index in [0.29, 0.717) is 6.17 Å². The summed E-state index contributed by atoms with van der Waals surface area (Å²) in [5.74, 6) is 0. The molecule has 0 radical (unpaired) electrons. The van der Waals surface area contributed by atoms with Crippen molar-refractivity contribution in [1.29, 1.82) is 0 Å². The molecule has 0 aromatic heterocycles. The number of nitrogens with zero attached hydrogens (tertiary/aromatic N) is 2. The summed E-state index contributed by atoms with van der Waals surface area (Å²) in [6.07, 6.45) is 1.63. The maximum absolute atomic E-state index is 4.18. The fourth-order valence-electron chi connectivity index (χ4n) is 1.61. The summed E-state index contributed by atoms with van der Waals surface area (Å²) in [6, 6.07) is 2.71. The van der Waals surface area contributed by atoms with Crippen molar-refractivity contribution in [3.8, 4) is 0 Å². The van der Waals surface area contributed by atoms with Crippen LogP contribution in [0.1, 0.15) is 13.3 Å². The highest BCUT2D eigenvalue weighted by atomic mass is 28.2. The highest BCUT2D eigenvalue weighted by Crippen LogP contribution is 2.13. The molecule has 3 heteroatoms. The third kappa shape index (κ3) is 5.57. The second-order valence-corrected chi connectivity index (χ2v) is 6.67. The molecule has 0 N–H and O–H groups in total. The third-order valence-electron chi connectivity index (χ3n) is 2.55. The van der Waals surface area contributed by atoms with Gasteiger partial charge >= 0.3 is 0 Å². The molecular formula is C11H26N2Si. The smallest absolute Gasteiger partial charge is 0.0650 e.